The van der Waals surface area contributed by atoms with E-state index < -0.39 is 0 Å². The molecule has 0 atom stereocenters. The van der Waals surface area contributed by atoms with E-state index in [1.165, 1.54) is 6.42 Å². The molecule has 0 amide bonds. The number of Topliss-reactive ketones (excluding diaryl/α,β-unsaturated/α-hetero) is 1. The minimum atomic E-state index is 0.242. The summed E-state index contributed by atoms with van der Waals surface area (Å²) in [5.41, 5.74) is 0. The SMILES string of the molecule is CC(=O)CN1C=CCCC1. The van der Waals surface area contributed by atoms with Crippen LogP contribution in [0, 0.1) is 0 Å². The second-order valence-electron chi connectivity index (χ2n) is 2.70. The molecule has 0 bridgehead atoms. The zero-order valence-corrected chi connectivity index (χ0v) is 6.34. The lowest BCUT2D eigenvalue weighted by molar-refractivity contribution is -0.117. The van der Waals surface area contributed by atoms with Crippen molar-refractivity contribution in [3.8, 4) is 0 Å². The minimum absolute atomic E-state index is 0.242. The highest BCUT2D eigenvalue weighted by molar-refractivity contribution is 5.77. The Morgan fingerprint density at radius 3 is 3.00 bits per heavy atom. The average molecular weight is 139 g/mol. The maximum Gasteiger partial charge on any atom is 0.149 e. The maximum atomic E-state index is 10.6. The molecule has 0 saturated heterocycles. The lowest BCUT2D eigenvalue weighted by Crippen LogP contribution is -2.26. The van der Waals surface area contributed by atoms with Gasteiger partial charge >= 0.3 is 0 Å². The highest BCUT2D eigenvalue weighted by atomic mass is 16.1. The molecular formula is C8H13NO. The monoisotopic (exact) mass is 139 g/mol. The van der Waals surface area contributed by atoms with Crippen LogP contribution in [0.2, 0.25) is 0 Å². The molecule has 0 aromatic carbocycles. The Morgan fingerprint density at radius 1 is 1.70 bits per heavy atom. The van der Waals surface area contributed by atoms with E-state index in [1.54, 1.807) is 6.92 Å². The topological polar surface area (TPSA) is 20.3 Å². The van der Waals surface area contributed by atoms with E-state index in [-0.39, 0.29) is 5.78 Å². The van der Waals surface area contributed by atoms with Crippen LogP contribution in [0.5, 0.6) is 0 Å². The summed E-state index contributed by atoms with van der Waals surface area (Å²) in [6, 6.07) is 0. The van der Waals surface area contributed by atoms with Gasteiger partial charge in [0.2, 0.25) is 0 Å². The number of ketones is 1. The van der Waals surface area contributed by atoms with Crippen LogP contribution in [0.4, 0.5) is 0 Å². The molecule has 1 heterocycles. The third kappa shape index (κ3) is 2.21. The first-order valence-corrected chi connectivity index (χ1v) is 3.69. The van der Waals surface area contributed by atoms with Gasteiger partial charge in [0.05, 0.1) is 6.54 Å². The van der Waals surface area contributed by atoms with Gasteiger partial charge in [-0.3, -0.25) is 4.79 Å². The zero-order chi connectivity index (χ0) is 7.40. The van der Waals surface area contributed by atoms with Crippen molar-refractivity contribution in [3.63, 3.8) is 0 Å². The van der Waals surface area contributed by atoms with Gasteiger partial charge in [-0.25, -0.2) is 0 Å². The van der Waals surface area contributed by atoms with Crippen molar-refractivity contribution in [3.05, 3.63) is 12.3 Å². The van der Waals surface area contributed by atoms with Crippen LogP contribution in [-0.4, -0.2) is 23.8 Å². The summed E-state index contributed by atoms with van der Waals surface area (Å²) in [6.45, 7) is 3.25. The lowest BCUT2D eigenvalue weighted by Gasteiger charge is -2.21. The predicted molar refractivity (Wildman–Crippen MR) is 40.6 cm³/mol. The van der Waals surface area contributed by atoms with Crippen LogP contribution in [0.1, 0.15) is 19.8 Å². The first-order chi connectivity index (χ1) is 4.79. The molecule has 1 rings (SSSR count). The smallest absolute Gasteiger partial charge is 0.149 e. The van der Waals surface area contributed by atoms with Gasteiger partial charge in [-0.2, -0.15) is 0 Å². The number of carbonyl (C=O) groups is 1. The van der Waals surface area contributed by atoms with Crippen molar-refractivity contribution < 1.29 is 4.79 Å². The molecule has 0 spiro atoms. The number of rotatable bonds is 2. The van der Waals surface area contributed by atoms with Gasteiger partial charge in [-0.05, 0) is 26.0 Å². The van der Waals surface area contributed by atoms with E-state index in [0.717, 1.165) is 13.0 Å². The normalized spacial score (nSPS) is 17.5. The highest BCUT2D eigenvalue weighted by Crippen LogP contribution is 2.04. The Bertz CT molecular complexity index is 151. The molecule has 0 N–H and O–H groups in total. The zero-order valence-electron chi connectivity index (χ0n) is 6.34. The number of nitrogens with zero attached hydrogens (tertiary/aromatic N) is 1. The Hall–Kier alpha value is -0.790. The van der Waals surface area contributed by atoms with E-state index in [9.17, 15) is 4.79 Å². The number of hydrogen-bond donors (Lipinski definition) is 0. The van der Waals surface area contributed by atoms with Crippen molar-refractivity contribution in [1.82, 2.24) is 4.90 Å². The lowest BCUT2D eigenvalue weighted by atomic mass is 10.2. The van der Waals surface area contributed by atoms with E-state index in [4.69, 9.17) is 0 Å². The largest absolute Gasteiger partial charge is 0.370 e. The Balaban J connectivity index is 2.33. The fourth-order valence-corrected chi connectivity index (χ4v) is 1.13. The molecule has 2 nitrogen and oxygen atoms in total. The molecule has 1 aliphatic heterocycles. The fourth-order valence-electron chi connectivity index (χ4n) is 1.13. The molecular weight excluding hydrogens is 126 g/mol. The predicted octanol–water partition coefficient (Wildman–Crippen LogP) is 1.18. The van der Waals surface area contributed by atoms with Crippen LogP contribution < -0.4 is 0 Å². The quantitative estimate of drug-likeness (QED) is 0.572. The summed E-state index contributed by atoms with van der Waals surface area (Å²) >= 11 is 0. The molecule has 0 aromatic heterocycles. The molecule has 0 radical (unpaired) electrons. The molecule has 56 valence electrons. The first-order valence-electron chi connectivity index (χ1n) is 3.69. The average Bonchev–Trinajstić information content (AvgIpc) is 1.88. The van der Waals surface area contributed by atoms with Crippen molar-refractivity contribution >= 4 is 5.78 Å². The van der Waals surface area contributed by atoms with E-state index >= 15 is 0 Å². The number of hydrogen-bond acceptors (Lipinski definition) is 2. The second kappa shape index (κ2) is 3.40. The summed E-state index contributed by atoms with van der Waals surface area (Å²) < 4.78 is 0. The van der Waals surface area contributed by atoms with Crippen molar-refractivity contribution in [2.45, 2.75) is 19.8 Å². The van der Waals surface area contributed by atoms with E-state index in [1.807, 2.05) is 6.20 Å². The van der Waals surface area contributed by atoms with E-state index in [2.05, 4.69) is 11.0 Å². The number of allylic oxidation sites excluding steroid dienone is 1. The van der Waals surface area contributed by atoms with Gasteiger partial charge in [0.15, 0.2) is 0 Å². The summed E-state index contributed by atoms with van der Waals surface area (Å²) in [6.07, 6.45) is 6.48. The van der Waals surface area contributed by atoms with Gasteiger partial charge in [0.1, 0.15) is 5.78 Å². The van der Waals surface area contributed by atoms with Crippen LogP contribution in [0.3, 0.4) is 0 Å². The molecule has 0 unspecified atom stereocenters. The Kier molecular flexibility index (Phi) is 2.49. The van der Waals surface area contributed by atoms with E-state index in [0.29, 0.717) is 6.54 Å². The van der Waals surface area contributed by atoms with Crippen molar-refractivity contribution in [2.24, 2.45) is 0 Å². The number of carbonyl (C=O) groups excluding carboxylic acids is 1. The molecule has 10 heavy (non-hydrogen) atoms. The summed E-state index contributed by atoms with van der Waals surface area (Å²) in [4.78, 5) is 12.7. The van der Waals surface area contributed by atoms with Gasteiger partial charge in [-0.15, -0.1) is 0 Å². The summed E-state index contributed by atoms with van der Waals surface area (Å²) in [7, 11) is 0. The van der Waals surface area contributed by atoms with Crippen molar-refractivity contribution in [1.29, 1.82) is 0 Å². The first kappa shape index (κ1) is 7.32. The third-order valence-corrected chi connectivity index (χ3v) is 1.56. The van der Waals surface area contributed by atoms with Gasteiger partial charge in [0, 0.05) is 6.54 Å². The minimum Gasteiger partial charge on any atom is -0.370 e. The van der Waals surface area contributed by atoms with Crippen LogP contribution in [-0.2, 0) is 4.79 Å². The van der Waals surface area contributed by atoms with Gasteiger partial charge < -0.3 is 4.90 Å². The van der Waals surface area contributed by atoms with Crippen LogP contribution in [0.15, 0.2) is 12.3 Å². The summed E-state index contributed by atoms with van der Waals surface area (Å²) in [5, 5.41) is 0. The molecule has 0 aliphatic carbocycles. The third-order valence-electron chi connectivity index (χ3n) is 1.56. The maximum absolute atomic E-state index is 10.6. The van der Waals surface area contributed by atoms with Crippen LogP contribution in [0.25, 0.3) is 0 Å². The Morgan fingerprint density at radius 2 is 2.50 bits per heavy atom. The van der Waals surface area contributed by atoms with Crippen LogP contribution >= 0.6 is 0 Å². The molecule has 0 saturated carbocycles. The molecule has 0 aromatic rings. The standard InChI is InChI=1S/C8H13NO/c1-8(10)7-9-5-3-2-4-6-9/h3,5H,2,4,6-7H2,1H3. The van der Waals surface area contributed by atoms with Crippen molar-refractivity contribution in [2.75, 3.05) is 13.1 Å². The second-order valence-corrected chi connectivity index (χ2v) is 2.70. The van der Waals surface area contributed by atoms with Gasteiger partial charge in [0.25, 0.3) is 0 Å². The molecule has 2 heteroatoms. The summed E-state index contributed by atoms with van der Waals surface area (Å²) in [5.74, 6) is 0.242. The highest BCUT2D eigenvalue weighted by Gasteiger charge is 2.04. The Labute approximate surface area is 61.5 Å². The van der Waals surface area contributed by atoms with Gasteiger partial charge in [-0.1, -0.05) is 6.08 Å². The molecule has 0 fully saturated rings. The molecule has 1 aliphatic rings. The fraction of sp³-hybridized carbons (Fsp3) is 0.625.